The van der Waals surface area contributed by atoms with Gasteiger partial charge in [-0.05, 0) is 41.1 Å². The van der Waals surface area contributed by atoms with E-state index in [1.165, 1.54) is 10.9 Å². The number of pyridine rings is 1. The molecule has 4 rings (SSSR count). The Bertz CT molecular complexity index is 1010. The van der Waals surface area contributed by atoms with Crippen molar-refractivity contribution in [3.05, 3.63) is 58.3 Å². The molecule has 1 aliphatic rings. The minimum atomic E-state index is -0.524. The van der Waals surface area contributed by atoms with Crippen LogP contribution >= 0.6 is 15.9 Å². The average Bonchev–Trinajstić information content (AvgIpc) is 3.00. The van der Waals surface area contributed by atoms with Crippen LogP contribution in [0.1, 0.15) is 18.2 Å². The Kier molecular flexibility index (Phi) is 4.20. The molecule has 3 heterocycles. The number of hydrogen-bond donors (Lipinski definition) is 1. The predicted octanol–water partition coefficient (Wildman–Crippen LogP) is 3.54. The Hall–Kier alpha value is -2.38. The van der Waals surface area contributed by atoms with E-state index < -0.39 is 5.54 Å². The van der Waals surface area contributed by atoms with E-state index in [2.05, 4.69) is 56.2 Å². The standard InChI is InChI=1S/C19H19BrN4O2/c1-19(13-10-24(2)16-7-5-4-6-12(13)16)11-26-23-17(22-19)15-9-8-14(20)18(21-15)25-3/h4-10H,11H2,1-3H3,(H,22,23). The number of hydroxylamine groups is 1. The molecular weight excluding hydrogens is 396 g/mol. The summed E-state index contributed by atoms with van der Waals surface area (Å²) < 4.78 is 8.20. The molecule has 1 unspecified atom stereocenters. The van der Waals surface area contributed by atoms with Gasteiger partial charge in [0.05, 0.1) is 11.6 Å². The maximum Gasteiger partial charge on any atom is 0.228 e. The van der Waals surface area contributed by atoms with Gasteiger partial charge in [0.25, 0.3) is 0 Å². The summed E-state index contributed by atoms with van der Waals surface area (Å²) in [6.07, 6.45) is 2.12. The molecule has 0 saturated heterocycles. The van der Waals surface area contributed by atoms with Crippen LogP contribution in [0.2, 0.25) is 0 Å². The number of halogens is 1. The van der Waals surface area contributed by atoms with E-state index in [1.54, 1.807) is 7.11 Å². The van der Waals surface area contributed by atoms with Gasteiger partial charge in [-0.15, -0.1) is 0 Å². The van der Waals surface area contributed by atoms with Crippen molar-refractivity contribution in [1.82, 2.24) is 15.0 Å². The van der Waals surface area contributed by atoms with Gasteiger partial charge in [0, 0.05) is 29.7 Å². The summed E-state index contributed by atoms with van der Waals surface area (Å²) in [6, 6.07) is 12.1. The number of fused-ring (bicyclic) bond motifs is 1. The molecule has 0 fully saturated rings. The molecular formula is C19H19BrN4O2. The van der Waals surface area contributed by atoms with Gasteiger partial charge in [0.15, 0.2) is 5.84 Å². The molecule has 1 aromatic carbocycles. The highest BCUT2D eigenvalue weighted by atomic mass is 79.9. The second-order valence-corrected chi connectivity index (χ2v) is 7.34. The van der Waals surface area contributed by atoms with Crippen molar-refractivity contribution in [2.45, 2.75) is 12.5 Å². The SMILES string of the molecule is COc1nc(C2=NC(C)(c3cn(C)c4ccccc34)CON2)ccc1Br. The zero-order valence-corrected chi connectivity index (χ0v) is 16.4. The summed E-state index contributed by atoms with van der Waals surface area (Å²) in [4.78, 5) is 15.1. The Labute approximate surface area is 159 Å². The van der Waals surface area contributed by atoms with Crippen molar-refractivity contribution in [1.29, 1.82) is 0 Å². The van der Waals surface area contributed by atoms with Crippen LogP contribution in [0.3, 0.4) is 0 Å². The number of nitrogens with zero attached hydrogens (tertiary/aromatic N) is 3. The Balaban J connectivity index is 1.82. The Morgan fingerprint density at radius 2 is 2.08 bits per heavy atom. The first-order chi connectivity index (χ1) is 12.5. The van der Waals surface area contributed by atoms with Gasteiger partial charge >= 0.3 is 0 Å². The van der Waals surface area contributed by atoms with Gasteiger partial charge in [0.2, 0.25) is 5.88 Å². The largest absolute Gasteiger partial charge is 0.480 e. The van der Waals surface area contributed by atoms with E-state index in [-0.39, 0.29) is 0 Å². The number of aryl methyl sites for hydroxylation is 1. The topological polar surface area (TPSA) is 60.7 Å². The fraction of sp³-hybridized carbons (Fsp3) is 0.263. The van der Waals surface area contributed by atoms with Crippen LogP contribution < -0.4 is 10.2 Å². The van der Waals surface area contributed by atoms with E-state index in [0.717, 1.165) is 10.0 Å². The number of ether oxygens (including phenoxy) is 1. The highest BCUT2D eigenvalue weighted by molar-refractivity contribution is 9.10. The zero-order chi connectivity index (χ0) is 18.3. The molecule has 2 aromatic heterocycles. The average molecular weight is 415 g/mol. The molecule has 1 N–H and O–H groups in total. The first-order valence-electron chi connectivity index (χ1n) is 8.25. The van der Waals surface area contributed by atoms with Crippen LogP contribution in [0, 0.1) is 0 Å². The van der Waals surface area contributed by atoms with E-state index in [0.29, 0.717) is 24.0 Å². The number of nitrogens with one attached hydrogen (secondary N) is 1. The van der Waals surface area contributed by atoms with Gasteiger partial charge in [-0.2, -0.15) is 0 Å². The van der Waals surface area contributed by atoms with Crippen LogP contribution in [-0.4, -0.2) is 29.1 Å². The number of aliphatic imine (C=N–C) groups is 1. The monoisotopic (exact) mass is 414 g/mol. The second-order valence-electron chi connectivity index (χ2n) is 6.48. The number of benzene rings is 1. The summed E-state index contributed by atoms with van der Waals surface area (Å²) in [7, 11) is 3.63. The molecule has 0 amide bonds. The molecule has 1 aliphatic heterocycles. The van der Waals surface area contributed by atoms with Gasteiger partial charge < -0.3 is 9.30 Å². The minimum absolute atomic E-state index is 0.429. The van der Waals surface area contributed by atoms with Gasteiger partial charge in [-0.1, -0.05) is 18.2 Å². The van der Waals surface area contributed by atoms with Crippen molar-refractivity contribution in [3.8, 4) is 5.88 Å². The lowest BCUT2D eigenvalue weighted by Gasteiger charge is -2.30. The molecule has 0 aliphatic carbocycles. The second kappa shape index (κ2) is 6.41. The molecule has 0 spiro atoms. The molecule has 0 radical (unpaired) electrons. The number of hydrogen-bond acceptors (Lipinski definition) is 5. The summed E-state index contributed by atoms with van der Waals surface area (Å²) in [5.41, 5.74) is 5.33. The number of rotatable bonds is 3. The maximum atomic E-state index is 5.69. The minimum Gasteiger partial charge on any atom is -0.480 e. The summed E-state index contributed by atoms with van der Waals surface area (Å²) in [6.45, 7) is 2.50. The van der Waals surface area contributed by atoms with Crippen molar-refractivity contribution in [3.63, 3.8) is 0 Å². The maximum absolute atomic E-state index is 5.69. The fourth-order valence-corrected chi connectivity index (χ4v) is 3.65. The van der Waals surface area contributed by atoms with Crippen LogP contribution in [0.25, 0.3) is 10.9 Å². The number of aromatic nitrogens is 2. The first-order valence-corrected chi connectivity index (χ1v) is 9.04. The highest BCUT2D eigenvalue weighted by Gasteiger charge is 2.34. The molecule has 7 heteroatoms. The third-order valence-corrected chi connectivity index (χ3v) is 5.21. The number of para-hydroxylation sites is 1. The van der Waals surface area contributed by atoms with E-state index >= 15 is 0 Å². The zero-order valence-electron chi connectivity index (χ0n) is 14.8. The third kappa shape index (κ3) is 2.77. The summed E-state index contributed by atoms with van der Waals surface area (Å²) in [5, 5.41) is 1.17. The van der Waals surface area contributed by atoms with Gasteiger partial charge in [-0.25, -0.2) is 10.5 Å². The lowest BCUT2D eigenvalue weighted by Crippen LogP contribution is -2.41. The van der Waals surface area contributed by atoms with Gasteiger partial charge in [-0.3, -0.25) is 9.83 Å². The van der Waals surface area contributed by atoms with E-state index in [9.17, 15) is 0 Å². The van der Waals surface area contributed by atoms with Crippen LogP contribution in [-0.2, 0) is 17.4 Å². The lowest BCUT2D eigenvalue weighted by molar-refractivity contribution is 0.0342. The third-order valence-electron chi connectivity index (χ3n) is 4.61. The summed E-state index contributed by atoms with van der Waals surface area (Å²) >= 11 is 3.42. The Morgan fingerprint density at radius 3 is 2.88 bits per heavy atom. The van der Waals surface area contributed by atoms with E-state index in [4.69, 9.17) is 14.6 Å². The molecule has 3 aromatic rings. The smallest absolute Gasteiger partial charge is 0.228 e. The number of methoxy groups -OCH3 is 1. The molecule has 1 atom stereocenters. The molecule has 0 saturated carbocycles. The lowest BCUT2D eigenvalue weighted by atomic mass is 9.92. The van der Waals surface area contributed by atoms with Crippen LogP contribution in [0.4, 0.5) is 0 Å². The van der Waals surface area contributed by atoms with Crippen LogP contribution in [0.5, 0.6) is 5.88 Å². The van der Waals surface area contributed by atoms with Gasteiger partial charge in [0.1, 0.15) is 17.8 Å². The van der Waals surface area contributed by atoms with Crippen molar-refractivity contribution in [2.75, 3.05) is 13.7 Å². The van der Waals surface area contributed by atoms with Crippen LogP contribution in [0.15, 0.2) is 52.1 Å². The van der Waals surface area contributed by atoms with Crippen molar-refractivity contribution in [2.24, 2.45) is 12.0 Å². The fourth-order valence-electron chi connectivity index (χ4n) is 3.26. The van der Waals surface area contributed by atoms with Crippen molar-refractivity contribution < 1.29 is 9.57 Å². The normalized spacial score (nSPS) is 19.9. The van der Waals surface area contributed by atoms with Crippen molar-refractivity contribution >= 4 is 32.7 Å². The molecule has 6 nitrogen and oxygen atoms in total. The highest BCUT2D eigenvalue weighted by Crippen LogP contribution is 2.35. The summed E-state index contributed by atoms with van der Waals surface area (Å²) in [5.74, 6) is 1.09. The van der Waals surface area contributed by atoms with E-state index in [1.807, 2.05) is 31.3 Å². The predicted molar refractivity (Wildman–Crippen MR) is 104 cm³/mol. The first kappa shape index (κ1) is 17.1. The number of amidine groups is 1. The molecule has 134 valence electrons. The quantitative estimate of drug-likeness (QED) is 0.711. The molecule has 0 bridgehead atoms. The molecule has 26 heavy (non-hydrogen) atoms. The Morgan fingerprint density at radius 1 is 1.27 bits per heavy atom.